The lowest BCUT2D eigenvalue weighted by atomic mass is 9.81. The standard InChI is InChI=1S/C28H46O6Si2/c1-10-35(11-2,12-3)34-27-22-15-26-25(31-17-32-26)14-21(22)13-23(28(29)30)24(27)16-33-36(18(4)5,19(6)7)20(8)9/h13-15,18-20,24,27H,10-12,16-17H2,1-9H3,(H,29,30)/t24-,27-/m0/s1. The monoisotopic (exact) mass is 534 g/mol. The molecule has 0 spiro atoms. The molecule has 0 fully saturated rings. The summed E-state index contributed by atoms with van der Waals surface area (Å²) in [7, 11) is -4.29. The van der Waals surface area contributed by atoms with Gasteiger partial charge in [-0.05, 0) is 64.1 Å². The van der Waals surface area contributed by atoms with E-state index in [1.54, 1.807) is 6.08 Å². The minimum absolute atomic E-state index is 0.175. The van der Waals surface area contributed by atoms with E-state index in [4.69, 9.17) is 18.3 Å². The number of aliphatic carboxylic acids is 1. The third-order valence-electron chi connectivity index (χ3n) is 8.74. The van der Waals surface area contributed by atoms with Crippen molar-refractivity contribution in [1.82, 2.24) is 0 Å². The molecule has 1 aromatic carbocycles. The fraction of sp³-hybridized carbons (Fsp3) is 0.679. The van der Waals surface area contributed by atoms with Crippen molar-refractivity contribution in [1.29, 1.82) is 0 Å². The first-order valence-electron chi connectivity index (χ1n) is 13.7. The number of carbonyl (C=O) groups is 1. The van der Waals surface area contributed by atoms with Gasteiger partial charge in [0.1, 0.15) is 0 Å². The van der Waals surface area contributed by atoms with Crippen molar-refractivity contribution in [2.24, 2.45) is 5.92 Å². The van der Waals surface area contributed by atoms with Gasteiger partial charge < -0.3 is 23.4 Å². The summed E-state index contributed by atoms with van der Waals surface area (Å²) in [5.41, 5.74) is 3.41. The fourth-order valence-corrected chi connectivity index (χ4v) is 14.8. The molecule has 0 unspecified atom stereocenters. The number of benzene rings is 1. The molecular weight excluding hydrogens is 488 g/mol. The minimum atomic E-state index is -2.21. The van der Waals surface area contributed by atoms with Crippen LogP contribution in [0, 0.1) is 5.92 Å². The molecule has 0 bridgehead atoms. The summed E-state index contributed by atoms with van der Waals surface area (Å²) in [6.45, 7) is 20.7. The normalized spacial score (nSPS) is 19.7. The minimum Gasteiger partial charge on any atom is -0.478 e. The van der Waals surface area contributed by atoms with Gasteiger partial charge in [0.2, 0.25) is 6.79 Å². The highest BCUT2D eigenvalue weighted by Crippen LogP contribution is 2.49. The summed E-state index contributed by atoms with van der Waals surface area (Å²) < 4.78 is 25.4. The molecule has 202 valence electrons. The lowest BCUT2D eigenvalue weighted by molar-refractivity contribution is -0.134. The molecule has 1 N–H and O–H groups in total. The second kappa shape index (κ2) is 11.4. The largest absolute Gasteiger partial charge is 0.478 e. The maximum atomic E-state index is 12.6. The van der Waals surface area contributed by atoms with E-state index < -0.39 is 34.6 Å². The molecule has 1 heterocycles. The van der Waals surface area contributed by atoms with Crippen molar-refractivity contribution in [3.63, 3.8) is 0 Å². The Bertz CT molecular complexity index is 937. The van der Waals surface area contributed by atoms with Crippen molar-refractivity contribution < 1.29 is 28.2 Å². The van der Waals surface area contributed by atoms with Gasteiger partial charge >= 0.3 is 5.97 Å². The van der Waals surface area contributed by atoms with Crippen molar-refractivity contribution in [3.8, 4) is 11.5 Å². The van der Waals surface area contributed by atoms with Crippen LogP contribution in [0.25, 0.3) is 6.08 Å². The number of carboxylic acid groups (broad SMARTS) is 1. The van der Waals surface area contributed by atoms with E-state index in [9.17, 15) is 9.90 Å². The Morgan fingerprint density at radius 2 is 1.50 bits per heavy atom. The van der Waals surface area contributed by atoms with Crippen LogP contribution in [0.3, 0.4) is 0 Å². The van der Waals surface area contributed by atoms with E-state index in [0.717, 1.165) is 29.3 Å². The SMILES string of the molecule is CC[Si](CC)(CC)O[C@H]1c2cc3c(cc2C=C(C(=O)O)[C@@H]1CO[Si](C(C)C)(C(C)C)C(C)C)OCO3. The molecule has 0 amide bonds. The van der Waals surface area contributed by atoms with Gasteiger partial charge in [-0.25, -0.2) is 4.79 Å². The van der Waals surface area contributed by atoms with Gasteiger partial charge in [0, 0.05) is 18.1 Å². The summed E-state index contributed by atoms with van der Waals surface area (Å²) in [5.74, 6) is 0.0402. The Labute approximate surface area is 219 Å². The predicted octanol–water partition coefficient (Wildman–Crippen LogP) is 7.77. The van der Waals surface area contributed by atoms with E-state index in [1.807, 2.05) is 12.1 Å². The first-order chi connectivity index (χ1) is 17.0. The molecule has 1 aliphatic carbocycles. The molecule has 3 rings (SSSR count). The lowest BCUT2D eigenvalue weighted by Gasteiger charge is -2.45. The van der Waals surface area contributed by atoms with Crippen LogP contribution < -0.4 is 9.47 Å². The topological polar surface area (TPSA) is 74.2 Å². The molecular formula is C28H46O6Si2. The Hall–Kier alpha value is -1.62. The van der Waals surface area contributed by atoms with Gasteiger partial charge in [-0.15, -0.1) is 0 Å². The summed E-state index contributed by atoms with van der Waals surface area (Å²) in [5, 5.41) is 10.4. The van der Waals surface area contributed by atoms with Crippen molar-refractivity contribution in [2.45, 2.75) is 103 Å². The molecule has 2 aliphatic rings. The van der Waals surface area contributed by atoms with E-state index >= 15 is 0 Å². The number of carboxylic acids is 1. The van der Waals surface area contributed by atoms with E-state index in [-0.39, 0.29) is 6.79 Å². The molecule has 0 saturated carbocycles. The highest BCUT2D eigenvalue weighted by molar-refractivity contribution is 6.77. The summed E-state index contributed by atoms with van der Waals surface area (Å²) in [6, 6.07) is 6.86. The first-order valence-corrected chi connectivity index (χ1v) is 18.3. The van der Waals surface area contributed by atoms with E-state index in [2.05, 4.69) is 62.3 Å². The predicted molar refractivity (Wildman–Crippen MR) is 150 cm³/mol. The molecule has 8 heteroatoms. The van der Waals surface area contributed by atoms with Gasteiger partial charge in [-0.2, -0.15) is 0 Å². The highest BCUT2D eigenvalue weighted by atomic mass is 28.4. The van der Waals surface area contributed by atoms with Gasteiger partial charge in [-0.1, -0.05) is 62.3 Å². The molecule has 2 atom stereocenters. The molecule has 1 aromatic rings. The average Bonchev–Trinajstić information content (AvgIpc) is 3.28. The van der Waals surface area contributed by atoms with Crippen LogP contribution in [0.5, 0.6) is 11.5 Å². The molecule has 0 radical (unpaired) electrons. The maximum Gasteiger partial charge on any atom is 0.332 e. The van der Waals surface area contributed by atoms with Crippen molar-refractivity contribution in [3.05, 3.63) is 28.8 Å². The maximum absolute atomic E-state index is 12.6. The number of fused-ring (bicyclic) bond motifs is 2. The van der Waals surface area contributed by atoms with Gasteiger partial charge in [-0.3, -0.25) is 0 Å². The molecule has 36 heavy (non-hydrogen) atoms. The van der Waals surface area contributed by atoms with Gasteiger partial charge in [0.05, 0.1) is 6.10 Å². The smallest absolute Gasteiger partial charge is 0.332 e. The van der Waals surface area contributed by atoms with Crippen molar-refractivity contribution >= 4 is 28.7 Å². The van der Waals surface area contributed by atoms with Gasteiger partial charge in [0.15, 0.2) is 28.1 Å². The lowest BCUT2D eigenvalue weighted by Crippen LogP contribution is -2.50. The number of ether oxygens (including phenoxy) is 2. The van der Waals surface area contributed by atoms with Crippen LogP contribution in [0.1, 0.15) is 79.5 Å². The van der Waals surface area contributed by atoms with Crippen molar-refractivity contribution in [2.75, 3.05) is 13.4 Å². The summed E-state index contributed by atoms with van der Waals surface area (Å²) in [4.78, 5) is 12.6. The fourth-order valence-electron chi connectivity index (χ4n) is 6.55. The van der Waals surface area contributed by atoms with Gasteiger partial charge in [0.25, 0.3) is 0 Å². The average molecular weight is 535 g/mol. The Morgan fingerprint density at radius 1 is 0.972 bits per heavy atom. The molecule has 0 aromatic heterocycles. The highest BCUT2D eigenvalue weighted by Gasteiger charge is 2.48. The zero-order valence-electron chi connectivity index (χ0n) is 23.6. The summed E-state index contributed by atoms with van der Waals surface area (Å²) >= 11 is 0. The zero-order chi connectivity index (χ0) is 26.8. The second-order valence-corrected chi connectivity index (χ2v) is 21.4. The first kappa shape index (κ1) is 28.9. The Kier molecular flexibility index (Phi) is 9.18. The Morgan fingerprint density at radius 3 is 1.97 bits per heavy atom. The van der Waals surface area contributed by atoms with Crippen LogP contribution in [0.15, 0.2) is 17.7 Å². The number of hydrogen-bond acceptors (Lipinski definition) is 5. The van der Waals surface area contributed by atoms with Crippen LogP contribution in [-0.4, -0.2) is 41.1 Å². The van der Waals surface area contributed by atoms with Crippen LogP contribution >= 0.6 is 0 Å². The number of rotatable bonds is 12. The molecule has 6 nitrogen and oxygen atoms in total. The zero-order valence-corrected chi connectivity index (χ0v) is 25.6. The third kappa shape index (κ3) is 5.19. The van der Waals surface area contributed by atoms with E-state index in [1.165, 1.54) is 0 Å². The summed E-state index contributed by atoms with van der Waals surface area (Å²) in [6.07, 6.45) is 1.40. The van der Waals surface area contributed by atoms with Crippen LogP contribution in [0.2, 0.25) is 34.8 Å². The third-order valence-corrected chi connectivity index (χ3v) is 19.4. The quantitative estimate of drug-likeness (QED) is 0.276. The van der Waals surface area contributed by atoms with Crippen LogP contribution in [-0.2, 0) is 13.6 Å². The van der Waals surface area contributed by atoms with Crippen LogP contribution in [0.4, 0.5) is 0 Å². The molecule has 1 aliphatic heterocycles. The number of hydrogen-bond donors (Lipinski definition) is 1. The van der Waals surface area contributed by atoms with E-state index in [0.29, 0.717) is 40.3 Å². The molecule has 0 saturated heterocycles. The second-order valence-electron chi connectivity index (χ2n) is 11.3. The Balaban J connectivity index is 2.13.